The van der Waals surface area contributed by atoms with Crippen LogP contribution in [-0.2, 0) is 6.42 Å². The maximum Gasteiger partial charge on any atom is 0.270 e. The topological polar surface area (TPSA) is 63.5 Å². The molecule has 0 spiro atoms. The minimum Gasteiger partial charge on any atom is -0.322 e. The van der Waals surface area contributed by atoms with Crippen LogP contribution in [0.1, 0.15) is 28.4 Å². The van der Waals surface area contributed by atoms with E-state index in [0.717, 1.165) is 17.5 Å². The van der Waals surface area contributed by atoms with Crippen LogP contribution >= 0.6 is 0 Å². The van der Waals surface area contributed by atoms with Gasteiger partial charge in [-0.15, -0.1) is 0 Å². The fraction of sp³-hybridized carbons (Fsp3) is 0.167. The molecule has 116 valence electrons. The fourth-order valence-electron chi connectivity index (χ4n) is 2.47. The first-order valence-corrected chi connectivity index (χ1v) is 7.47. The first kappa shape index (κ1) is 15.0. The summed E-state index contributed by atoms with van der Waals surface area (Å²) in [5.41, 5.74) is 2.92. The number of hydrogen-bond donors (Lipinski definition) is 1. The van der Waals surface area contributed by atoms with Crippen molar-refractivity contribution in [3.05, 3.63) is 75.8 Å². The molecule has 0 radical (unpaired) electrons. The summed E-state index contributed by atoms with van der Waals surface area (Å²) < 4.78 is 1.38. The molecule has 23 heavy (non-hydrogen) atoms. The Bertz CT molecular complexity index is 944. The lowest BCUT2D eigenvalue weighted by Gasteiger charge is -2.10. The van der Waals surface area contributed by atoms with E-state index in [2.05, 4.69) is 10.3 Å². The minimum absolute atomic E-state index is 0.0252. The second kappa shape index (κ2) is 6.04. The number of anilines is 1. The first-order chi connectivity index (χ1) is 11.1. The molecule has 0 fully saturated rings. The largest absolute Gasteiger partial charge is 0.322 e. The van der Waals surface area contributed by atoms with E-state index in [0.29, 0.717) is 11.3 Å². The van der Waals surface area contributed by atoms with Crippen LogP contribution in [0.2, 0.25) is 0 Å². The van der Waals surface area contributed by atoms with Crippen molar-refractivity contribution in [2.45, 2.75) is 20.3 Å². The summed E-state index contributed by atoms with van der Waals surface area (Å²) in [6.07, 6.45) is 3.77. The van der Waals surface area contributed by atoms with Gasteiger partial charge in [0, 0.05) is 18.1 Å². The van der Waals surface area contributed by atoms with Crippen LogP contribution in [-0.4, -0.2) is 15.3 Å². The Balaban J connectivity index is 2.00. The van der Waals surface area contributed by atoms with Crippen molar-refractivity contribution >= 4 is 17.2 Å². The zero-order chi connectivity index (χ0) is 16.4. The Labute approximate surface area is 133 Å². The number of aryl methyl sites for hydroxylation is 2. The van der Waals surface area contributed by atoms with E-state index in [9.17, 15) is 9.59 Å². The molecule has 0 aliphatic heterocycles. The van der Waals surface area contributed by atoms with Crippen molar-refractivity contribution in [2.24, 2.45) is 0 Å². The van der Waals surface area contributed by atoms with Gasteiger partial charge in [0.15, 0.2) is 0 Å². The van der Waals surface area contributed by atoms with Gasteiger partial charge < -0.3 is 5.32 Å². The number of hydrogen-bond acceptors (Lipinski definition) is 3. The van der Waals surface area contributed by atoms with Crippen molar-refractivity contribution in [3.8, 4) is 0 Å². The van der Waals surface area contributed by atoms with Crippen LogP contribution in [0.15, 0.2) is 53.6 Å². The molecule has 0 bridgehead atoms. The van der Waals surface area contributed by atoms with Gasteiger partial charge in [0.05, 0.1) is 0 Å². The molecule has 3 aromatic rings. The average molecular weight is 307 g/mol. The highest BCUT2D eigenvalue weighted by Crippen LogP contribution is 2.16. The second-order valence-electron chi connectivity index (χ2n) is 5.37. The number of benzene rings is 1. The highest BCUT2D eigenvalue weighted by atomic mass is 16.2. The lowest BCUT2D eigenvalue weighted by atomic mass is 10.1. The Morgan fingerprint density at radius 3 is 2.83 bits per heavy atom. The average Bonchev–Trinajstić information content (AvgIpc) is 2.55. The molecule has 5 nitrogen and oxygen atoms in total. The number of carbonyl (C=O) groups is 1. The smallest absolute Gasteiger partial charge is 0.270 e. The maximum atomic E-state index is 12.5. The molecular formula is C18H17N3O2. The van der Waals surface area contributed by atoms with Gasteiger partial charge in [-0.1, -0.05) is 25.1 Å². The van der Waals surface area contributed by atoms with Gasteiger partial charge in [-0.2, -0.15) is 0 Å². The highest BCUT2D eigenvalue weighted by Gasteiger charge is 2.14. The maximum absolute atomic E-state index is 12.5. The molecule has 0 aliphatic carbocycles. The number of pyridine rings is 1. The number of para-hydroxylation sites is 1. The van der Waals surface area contributed by atoms with Gasteiger partial charge in [0.1, 0.15) is 11.2 Å². The van der Waals surface area contributed by atoms with Gasteiger partial charge in [-0.3, -0.25) is 14.0 Å². The van der Waals surface area contributed by atoms with Crippen LogP contribution in [0, 0.1) is 6.92 Å². The molecule has 3 rings (SSSR count). The molecule has 0 saturated carbocycles. The highest BCUT2D eigenvalue weighted by molar-refractivity contribution is 6.04. The van der Waals surface area contributed by atoms with Crippen molar-refractivity contribution in [1.29, 1.82) is 0 Å². The Morgan fingerprint density at radius 2 is 2.04 bits per heavy atom. The molecule has 5 heteroatoms. The van der Waals surface area contributed by atoms with Crippen LogP contribution in [0.5, 0.6) is 0 Å². The third-order valence-electron chi connectivity index (χ3n) is 3.76. The molecular weight excluding hydrogens is 290 g/mol. The fourth-order valence-corrected chi connectivity index (χ4v) is 2.47. The van der Waals surface area contributed by atoms with Gasteiger partial charge in [-0.25, -0.2) is 4.98 Å². The Morgan fingerprint density at radius 1 is 1.26 bits per heavy atom. The van der Waals surface area contributed by atoms with E-state index in [4.69, 9.17) is 0 Å². The summed E-state index contributed by atoms with van der Waals surface area (Å²) in [5.74, 6) is -0.446. The normalized spacial score (nSPS) is 10.7. The number of amides is 1. The van der Waals surface area contributed by atoms with Crippen LogP contribution in [0.25, 0.3) is 5.65 Å². The number of carbonyl (C=O) groups excluding carboxylic acids is 1. The molecule has 1 amide bonds. The molecule has 1 aromatic carbocycles. The van der Waals surface area contributed by atoms with Crippen LogP contribution in [0.3, 0.4) is 0 Å². The van der Waals surface area contributed by atoms with Crippen molar-refractivity contribution in [2.75, 3.05) is 5.32 Å². The summed E-state index contributed by atoms with van der Waals surface area (Å²) in [4.78, 5) is 29.1. The Hall–Kier alpha value is -2.95. The van der Waals surface area contributed by atoms with Gasteiger partial charge in [0.25, 0.3) is 11.5 Å². The van der Waals surface area contributed by atoms with Crippen molar-refractivity contribution in [1.82, 2.24) is 9.38 Å². The first-order valence-electron chi connectivity index (χ1n) is 7.47. The Kier molecular flexibility index (Phi) is 3.93. The predicted octanol–water partition coefficient (Wildman–Crippen LogP) is 2.82. The molecule has 0 atom stereocenters. The third-order valence-corrected chi connectivity index (χ3v) is 3.76. The van der Waals surface area contributed by atoms with Crippen LogP contribution < -0.4 is 10.9 Å². The summed E-state index contributed by atoms with van der Waals surface area (Å²) in [5, 5.41) is 2.80. The zero-order valence-electron chi connectivity index (χ0n) is 13.0. The van der Waals surface area contributed by atoms with Crippen molar-refractivity contribution in [3.63, 3.8) is 0 Å². The number of rotatable bonds is 3. The number of aromatic nitrogens is 2. The number of nitrogens with zero attached hydrogens (tertiary/aromatic N) is 2. The SMILES string of the molecule is CCc1ccccc1NC(=O)c1cnc2cc(C)ccn2c1=O. The standard InChI is InChI=1S/C18H17N3O2/c1-3-13-6-4-5-7-15(13)20-17(22)14-11-19-16-10-12(2)8-9-21(16)18(14)23/h4-11H,3H2,1-2H3,(H,20,22). The molecule has 2 aromatic heterocycles. The molecule has 0 saturated heterocycles. The summed E-state index contributed by atoms with van der Waals surface area (Å²) >= 11 is 0. The lowest BCUT2D eigenvalue weighted by molar-refractivity contribution is 0.102. The van der Waals surface area contributed by atoms with E-state index in [1.807, 2.05) is 44.2 Å². The summed E-state index contributed by atoms with van der Waals surface area (Å²) in [6, 6.07) is 11.2. The second-order valence-corrected chi connectivity index (χ2v) is 5.37. The van der Waals surface area contributed by atoms with Crippen molar-refractivity contribution < 1.29 is 4.79 Å². The molecule has 1 N–H and O–H groups in total. The number of fused-ring (bicyclic) bond motifs is 1. The third kappa shape index (κ3) is 2.85. The zero-order valence-corrected chi connectivity index (χ0v) is 13.0. The predicted molar refractivity (Wildman–Crippen MR) is 90.0 cm³/mol. The van der Waals surface area contributed by atoms with Gasteiger partial charge in [-0.05, 0) is 42.7 Å². The van der Waals surface area contributed by atoms with Gasteiger partial charge in [0.2, 0.25) is 0 Å². The number of nitrogens with one attached hydrogen (secondary N) is 1. The van der Waals surface area contributed by atoms with E-state index in [1.54, 1.807) is 12.3 Å². The van der Waals surface area contributed by atoms with E-state index < -0.39 is 5.91 Å². The lowest BCUT2D eigenvalue weighted by Crippen LogP contribution is -2.27. The van der Waals surface area contributed by atoms with E-state index >= 15 is 0 Å². The van der Waals surface area contributed by atoms with E-state index in [1.165, 1.54) is 10.6 Å². The van der Waals surface area contributed by atoms with Crippen LogP contribution in [0.4, 0.5) is 5.69 Å². The summed E-state index contributed by atoms with van der Waals surface area (Å²) in [7, 11) is 0. The van der Waals surface area contributed by atoms with Gasteiger partial charge >= 0.3 is 0 Å². The quantitative estimate of drug-likeness (QED) is 0.809. The molecule has 0 aliphatic rings. The monoisotopic (exact) mass is 307 g/mol. The van der Waals surface area contributed by atoms with E-state index in [-0.39, 0.29) is 11.1 Å². The molecule has 0 unspecified atom stereocenters. The summed E-state index contributed by atoms with van der Waals surface area (Å²) in [6.45, 7) is 3.94. The molecule has 2 heterocycles. The minimum atomic E-state index is -0.446.